The number of nitrogens with zero attached hydrogens (tertiary/aromatic N) is 3. The van der Waals surface area contributed by atoms with Crippen molar-refractivity contribution >= 4 is 26.3 Å². The maximum absolute atomic E-state index is 13.0. The van der Waals surface area contributed by atoms with Crippen molar-refractivity contribution in [3.8, 4) is 11.3 Å². The van der Waals surface area contributed by atoms with Gasteiger partial charge < -0.3 is 0 Å². The second-order valence-corrected chi connectivity index (χ2v) is 9.61. The summed E-state index contributed by atoms with van der Waals surface area (Å²) in [5, 5.41) is 2.07. The molecule has 0 aliphatic heterocycles. The lowest BCUT2D eigenvalue weighted by Crippen LogP contribution is -2.33. The Bertz CT molecular complexity index is 1180. The summed E-state index contributed by atoms with van der Waals surface area (Å²) in [5.41, 5.74) is 3.08. The van der Waals surface area contributed by atoms with Gasteiger partial charge in [0.1, 0.15) is 0 Å². The lowest BCUT2D eigenvalue weighted by Gasteiger charge is -2.21. The number of rotatable bonds is 8. The maximum Gasteiger partial charge on any atom is 0.243 e. The number of hydrogen-bond donors (Lipinski definition) is 0. The van der Waals surface area contributed by atoms with Gasteiger partial charge in [-0.25, -0.2) is 13.4 Å². The minimum atomic E-state index is -3.50. The SMILES string of the molecule is CCCN(CCc1csc2nc(-c3ccccc3)cn12)S(=O)(=O)c1ccccc1. The first kappa shape index (κ1) is 19.8. The summed E-state index contributed by atoms with van der Waals surface area (Å²) in [5.74, 6) is 0. The molecule has 0 atom stereocenters. The van der Waals surface area contributed by atoms with E-state index >= 15 is 0 Å². The van der Waals surface area contributed by atoms with E-state index in [1.807, 2.05) is 49.5 Å². The lowest BCUT2D eigenvalue weighted by atomic mass is 10.2. The summed E-state index contributed by atoms with van der Waals surface area (Å²) < 4.78 is 29.7. The van der Waals surface area contributed by atoms with Crippen LogP contribution in [0.3, 0.4) is 0 Å². The average Bonchev–Trinajstić information content (AvgIpc) is 3.34. The van der Waals surface area contributed by atoms with E-state index in [2.05, 4.69) is 9.78 Å². The first-order valence-corrected chi connectivity index (χ1v) is 12.0. The number of fused-ring (bicyclic) bond motifs is 1. The summed E-state index contributed by atoms with van der Waals surface area (Å²) in [6.45, 7) is 2.94. The molecule has 150 valence electrons. The van der Waals surface area contributed by atoms with E-state index in [0.29, 0.717) is 24.4 Å². The number of aromatic nitrogens is 2. The lowest BCUT2D eigenvalue weighted by molar-refractivity contribution is 0.412. The predicted molar refractivity (Wildman–Crippen MR) is 118 cm³/mol. The smallest absolute Gasteiger partial charge is 0.243 e. The van der Waals surface area contributed by atoms with Gasteiger partial charge in [-0.15, -0.1) is 11.3 Å². The highest BCUT2D eigenvalue weighted by molar-refractivity contribution is 7.89. The Kier molecular flexibility index (Phi) is 5.80. The van der Waals surface area contributed by atoms with Crippen LogP contribution in [0.1, 0.15) is 19.0 Å². The maximum atomic E-state index is 13.0. The van der Waals surface area contributed by atoms with Crippen molar-refractivity contribution < 1.29 is 8.42 Å². The van der Waals surface area contributed by atoms with E-state index in [0.717, 1.165) is 28.3 Å². The molecule has 2 heterocycles. The molecule has 0 radical (unpaired) electrons. The molecule has 29 heavy (non-hydrogen) atoms. The monoisotopic (exact) mass is 425 g/mol. The molecule has 0 aliphatic carbocycles. The Morgan fingerprint density at radius 2 is 1.69 bits per heavy atom. The molecule has 0 bridgehead atoms. The Labute approximate surface area is 175 Å². The van der Waals surface area contributed by atoms with E-state index in [-0.39, 0.29) is 0 Å². The highest BCUT2D eigenvalue weighted by Gasteiger charge is 2.23. The highest BCUT2D eigenvalue weighted by Crippen LogP contribution is 2.24. The van der Waals surface area contributed by atoms with Crippen LogP contribution in [0.4, 0.5) is 0 Å². The second kappa shape index (κ2) is 8.49. The van der Waals surface area contributed by atoms with Gasteiger partial charge in [0.05, 0.1) is 10.6 Å². The normalized spacial score (nSPS) is 12.1. The fourth-order valence-electron chi connectivity index (χ4n) is 3.34. The van der Waals surface area contributed by atoms with Crippen molar-refractivity contribution in [1.82, 2.24) is 13.7 Å². The first-order chi connectivity index (χ1) is 14.1. The van der Waals surface area contributed by atoms with E-state index in [1.165, 1.54) is 0 Å². The van der Waals surface area contributed by atoms with Crippen LogP contribution in [-0.2, 0) is 16.4 Å². The van der Waals surface area contributed by atoms with Gasteiger partial charge in [0.2, 0.25) is 10.0 Å². The van der Waals surface area contributed by atoms with Gasteiger partial charge in [-0.05, 0) is 18.6 Å². The molecule has 0 spiro atoms. The molecule has 0 N–H and O–H groups in total. The summed E-state index contributed by atoms with van der Waals surface area (Å²) in [7, 11) is -3.50. The van der Waals surface area contributed by atoms with Crippen LogP contribution in [0.25, 0.3) is 16.2 Å². The number of benzene rings is 2. The Balaban J connectivity index is 1.57. The van der Waals surface area contributed by atoms with Crippen molar-refractivity contribution in [3.63, 3.8) is 0 Å². The van der Waals surface area contributed by atoms with Crippen LogP contribution >= 0.6 is 11.3 Å². The van der Waals surface area contributed by atoms with Gasteiger partial charge in [0.25, 0.3) is 0 Å². The standard InChI is InChI=1S/C22H23N3O2S2/c1-2-14-24(29(26,27)20-11-7-4-8-12-20)15-13-19-17-28-22-23-21(16-25(19)22)18-9-5-3-6-10-18/h3-12,16-17H,2,13-15H2,1H3. The molecule has 2 aromatic heterocycles. The van der Waals surface area contributed by atoms with Gasteiger partial charge in [-0.1, -0.05) is 55.5 Å². The molecule has 5 nitrogen and oxygen atoms in total. The largest absolute Gasteiger partial charge is 0.294 e. The van der Waals surface area contributed by atoms with Crippen molar-refractivity contribution in [3.05, 3.63) is 77.9 Å². The van der Waals surface area contributed by atoms with Crippen molar-refractivity contribution in [2.75, 3.05) is 13.1 Å². The molecule has 0 saturated heterocycles. The van der Waals surface area contributed by atoms with Gasteiger partial charge in [-0.3, -0.25) is 4.40 Å². The van der Waals surface area contributed by atoms with Gasteiger partial charge >= 0.3 is 0 Å². The minimum Gasteiger partial charge on any atom is -0.294 e. The number of imidazole rings is 1. The van der Waals surface area contributed by atoms with Gasteiger partial charge in [0, 0.05) is 42.3 Å². The number of hydrogen-bond acceptors (Lipinski definition) is 4. The van der Waals surface area contributed by atoms with Crippen molar-refractivity contribution in [2.24, 2.45) is 0 Å². The van der Waals surface area contributed by atoms with Crippen molar-refractivity contribution in [2.45, 2.75) is 24.7 Å². The third-order valence-corrected chi connectivity index (χ3v) is 7.63. The van der Waals surface area contributed by atoms with E-state index < -0.39 is 10.0 Å². The Morgan fingerprint density at radius 1 is 1.00 bits per heavy atom. The molecule has 0 aliphatic rings. The fourth-order valence-corrected chi connectivity index (χ4v) is 5.80. The van der Waals surface area contributed by atoms with E-state index in [4.69, 9.17) is 4.98 Å². The Morgan fingerprint density at radius 3 is 2.38 bits per heavy atom. The highest BCUT2D eigenvalue weighted by atomic mass is 32.2. The predicted octanol–water partition coefficient (Wildman–Crippen LogP) is 4.71. The molecule has 4 aromatic rings. The molecule has 4 rings (SSSR count). The zero-order valence-electron chi connectivity index (χ0n) is 16.2. The zero-order valence-corrected chi connectivity index (χ0v) is 17.9. The molecule has 0 unspecified atom stereocenters. The topological polar surface area (TPSA) is 54.7 Å². The van der Waals surface area contributed by atoms with Gasteiger partial charge in [0.15, 0.2) is 4.96 Å². The molecule has 0 saturated carbocycles. The third kappa shape index (κ3) is 4.12. The fraction of sp³-hybridized carbons (Fsp3) is 0.227. The zero-order chi connectivity index (χ0) is 20.3. The van der Waals surface area contributed by atoms with Crippen LogP contribution in [0.15, 0.2) is 77.1 Å². The molecular formula is C22H23N3O2S2. The minimum absolute atomic E-state index is 0.345. The Hall–Kier alpha value is -2.48. The van der Waals surface area contributed by atoms with E-state index in [9.17, 15) is 8.42 Å². The van der Waals surface area contributed by atoms with E-state index in [1.54, 1.807) is 39.9 Å². The van der Waals surface area contributed by atoms with Crippen LogP contribution in [-0.4, -0.2) is 35.2 Å². The molecule has 7 heteroatoms. The number of thiazole rings is 1. The molecule has 2 aromatic carbocycles. The third-order valence-electron chi connectivity index (χ3n) is 4.82. The van der Waals surface area contributed by atoms with Gasteiger partial charge in [-0.2, -0.15) is 4.31 Å². The molecule has 0 fully saturated rings. The van der Waals surface area contributed by atoms with Crippen LogP contribution < -0.4 is 0 Å². The molecular weight excluding hydrogens is 402 g/mol. The second-order valence-electron chi connectivity index (χ2n) is 6.84. The summed E-state index contributed by atoms with van der Waals surface area (Å²) in [6.07, 6.45) is 3.44. The average molecular weight is 426 g/mol. The quantitative estimate of drug-likeness (QED) is 0.411. The number of sulfonamides is 1. The van der Waals surface area contributed by atoms with Crippen LogP contribution in [0.2, 0.25) is 0 Å². The summed E-state index contributed by atoms with van der Waals surface area (Å²) >= 11 is 1.58. The first-order valence-electron chi connectivity index (χ1n) is 9.65. The molecule has 0 amide bonds. The summed E-state index contributed by atoms with van der Waals surface area (Å²) in [6, 6.07) is 18.7. The van der Waals surface area contributed by atoms with Crippen molar-refractivity contribution in [1.29, 1.82) is 0 Å². The van der Waals surface area contributed by atoms with Crippen LogP contribution in [0.5, 0.6) is 0 Å². The summed E-state index contributed by atoms with van der Waals surface area (Å²) in [4.78, 5) is 5.98. The van der Waals surface area contributed by atoms with Crippen LogP contribution in [0, 0.1) is 0 Å².